The van der Waals surface area contributed by atoms with Crippen LogP contribution in [0.1, 0.15) is 46.0 Å². The van der Waals surface area contributed by atoms with Crippen molar-refractivity contribution in [1.29, 1.82) is 0 Å². The molecule has 0 spiro atoms. The van der Waals surface area contributed by atoms with E-state index in [-0.39, 0.29) is 11.7 Å². The number of aromatic amines is 1. The maximum absolute atomic E-state index is 12.9. The van der Waals surface area contributed by atoms with Gasteiger partial charge in [0, 0.05) is 23.9 Å². The number of aryl methyl sites for hydroxylation is 1. The summed E-state index contributed by atoms with van der Waals surface area (Å²) in [5.74, 6) is 0.250. The van der Waals surface area contributed by atoms with E-state index in [1.165, 1.54) is 6.92 Å². The van der Waals surface area contributed by atoms with Gasteiger partial charge in [0.2, 0.25) is 5.88 Å². The van der Waals surface area contributed by atoms with Crippen LogP contribution >= 0.6 is 0 Å². The Hall–Kier alpha value is -2.63. The maximum Gasteiger partial charge on any atom is 0.275 e. The van der Waals surface area contributed by atoms with Gasteiger partial charge in [-0.1, -0.05) is 0 Å². The lowest BCUT2D eigenvalue weighted by atomic mass is 10.1. The zero-order valence-electron chi connectivity index (χ0n) is 14.1. The minimum absolute atomic E-state index is 0.0514. The number of hydrogen-bond donors (Lipinski definition) is 1. The summed E-state index contributed by atoms with van der Waals surface area (Å²) in [7, 11) is 1.54. The first-order valence-electron chi connectivity index (χ1n) is 7.42. The van der Waals surface area contributed by atoms with Crippen molar-refractivity contribution in [2.45, 2.75) is 27.7 Å². The number of ether oxygens (including phenoxy) is 1. The van der Waals surface area contributed by atoms with Gasteiger partial charge in [-0.05, 0) is 39.3 Å². The molecule has 0 fully saturated rings. The van der Waals surface area contributed by atoms with Gasteiger partial charge in [0.05, 0.1) is 19.0 Å². The number of nitrogens with zero attached hydrogens (tertiary/aromatic N) is 2. The molecule has 0 saturated heterocycles. The van der Waals surface area contributed by atoms with Crippen LogP contribution in [0.4, 0.5) is 5.69 Å². The number of aromatic nitrogens is 2. The van der Waals surface area contributed by atoms with Crippen LogP contribution in [0.5, 0.6) is 5.88 Å². The number of H-pyrrole nitrogens is 1. The quantitative estimate of drug-likeness (QED) is 0.861. The number of methoxy groups -OCH3 is 1. The third kappa shape index (κ3) is 3.11. The minimum Gasteiger partial charge on any atom is -0.481 e. The number of ketones is 1. The van der Waals surface area contributed by atoms with Gasteiger partial charge >= 0.3 is 0 Å². The van der Waals surface area contributed by atoms with E-state index in [1.807, 2.05) is 6.92 Å². The van der Waals surface area contributed by atoms with Gasteiger partial charge in [0.15, 0.2) is 5.78 Å². The molecule has 0 atom stereocenters. The molecule has 0 unspecified atom stereocenters. The number of rotatable bonds is 5. The van der Waals surface area contributed by atoms with Crippen LogP contribution in [0.2, 0.25) is 0 Å². The second-order valence-electron chi connectivity index (χ2n) is 5.29. The highest BCUT2D eigenvalue weighted by atomic mass is 16.5. The molecule has 1 amide bonds. The van der Waals surface area contributed by atoms with E-state index in [2.05, 4.69) is 9.97 Å². The number of hydrogen-bond acceptors (Lipinski definition) is 4. The molecular weight excluding hydrogens is 294 g/mol. The largest absolute Gasteiger partial charge is 0.481 e. The van der Waals surface area contributed by atoms with Crippen LogP contribution in [0.15, 0.2) is 18.3 Å². The Kier molecular flexibility index (Phi) is 4.83. The van der Waals surface area contributed by atoms with Crippen LogP contribution in [0, 0.1) is 13.8 Å². The van der Waals surface area contributed by atoms with Crippen molar-refractivity contribution in [2.75, 3.05) is 18.6 Å². The molecule has 0 aliphatic carbocycles. The van der Waals surface area contributed by atoms with Crippen LogP contribution < -0.4 is 9.64 Å². The summed E-state index contributed by atoms with van der Waals surface area (Å²) in [5, 5.41) is 0. The van der Waals surface area contributed by atoms with Crippen molar-refractivity contribution in [2.24, 2.45) is 0 Å². The van der Waals surface area contributed by atoms with E-state index >= 15 is 0 Å². The van der Waals surface area contributed by atoms with Crippen LogP contribution in [0.25, 0.3) is 0 Å². The highest BCUT2D eigenvalue weighted by Crippen LogP contribution is 2.23. The summed E-state index contributed by atoms with van der Waals surface area (Å²) >= 11 is 0. The Bertz CT molecular complexity index is 732. The topological polar surface area (TPSA) is 75.3 Å². The fourth-order valence-corrected chi connectivity index (χ4v) is 2.72. The average Bonchev–Trinajstić information content (AvgIpc) is 2.83. The van der Waals surface area contributed by atoms with Gasteiger partial charge in [-0.15, -0.1) is 0 Å². The fraction of sp³-hybridized carbons (Fsp3) is 0.353. The SMILES string of the molecule is CCN(C(=O)c1[nH]c(C)c(C(C)=O)c1C)c1ccc(OC)nc1. The molecule has 23 heavy (non-hydrogen) atoms. The van der Waals surface area contributed by atoms with Crippen LogP contribution in [0.3, 0.4) is 0 Å². The molecule has 0 aromatic carbocycles. The van der Waals surface area contributed by atoms with E-state index < -0.39 is 0 Å². The van der Waals surface area contributed by atoms with Crippen molar-refractivity contribution in [3.8, 4) is 5.88 Å². The number of Topliss-reactive ketones (excluding diaryl/α,β-unsaturated/α-hetero) is 1. The molecule has 0 aliphatic heterocycles. The number of anilines is 1. The molecule has 2 heterocycles. The number of carbonyl (C=O) groups excluding carboxylic acids is 2. The normalized spacial score (nSPS) is 10.5. The van der Waals surface area contributed by atoms with Crippen LogP contribution in [-0.4, -0.2) is 35.3 Å². The summed E-state index contributed by atoms with van der Waals surface area (Å²) in [6.07, 6.45) is 1.59. The third-order valence-electron chi connectivity index (χ3n) is 3.81. The lowest BCUT2D eigenvalue weighted by Crippen LogP contribution is -2.31. The average molecular weight is 315 g/mol. The van der Waals surface area contributed by atoms with E-state index in [1.54, 1.807) is 44.2 Å². The number of pyridine rings is 1. The lowest BCUT2D eigenvalue weighted by molar-refractivity contribution is 0.0983. The van der Waals surface area contributed by atoms with E-state index in [0.717, 1.165) is 0 Å². The lowest BCUT2D eigenvalue weighted by Gasteiger charge is -2.20. The minimum atomic E-state index is -0.187. The molecular formula is C17H21N3O3. The van der Waals surface area contributed by atoms with Gasteiger partial charge in [0.1, 0.15) is 5.69 Å². The number of amides is 1. The van der Waals surface area contributed by atoms with Gasteiger partial charge in [-0.3, -0.25) is 9.59 Å². The van der Waals surface area contributed by atoms with Gasteiger partial charge < -0.3 is 14.6 Å². The molecule has 2 aromatic heterocycles. The Morgan fingerprint density at radius 1 is 1.30 bits per heavy atom. The van der Waals surface area contributed by atoms with Crippen molar-refractivity contribution < 1.29 is 14.3 Å². The molecule has 2 aromatic rings. The smallest absolute Gasteiger partial charge is 0.275 e. The van der Waals surface area contributed by atoms with Gasteiger partial charge in [-0.2, -0.15) is 0 Å². The summed E-state index contributed by atoms with van der Waals surface area (Å²) in [6, 6.07) is 3.49. The highest BCUT2D eigenvalue weighted by Gasteiger charge is 2.24. The van der Waals surface area contributed by atoms with Crippen LogP contribution in [-0.2, 0) is 0 Å². The third-order valence-corrected chi connectivity index (χ3v) is 3.81. The molecule has 122 valence electrons. The molecule has 2 rings (SSSR count). The zero-order valence-corrected chi connectivity index (χ0v) is 14.1. The Morgan fingerprint density at radius 3 is 2.43 bits per heavy atom. The first kappa shape index (κ1) is 16.7. The van der Waals surface area contributed by atoms with E-state index in [0.29, 0.717) is 40.6 Å². The molecule has 6 nitrogen and oxygen atoms in total. The first-order chi connectivity index (χ1) is 10.9. The summed E-state index contributed by atoms with van der Waals surface area (Å²) in [5.41, 5.74) is 3.08. The first-order valence-corrected chi connectivity index (χ1v) is 7.42. The Labute approximate surface area is 135 Å². The molecule has 0 saturated carbocycles. The Morgan fingerprint density at radius 2 is 2.00 bits per heavy atom. The van der Waals surface area contributed by atoms with Gasteiger partial charge in [0.25, 0.3) is 5.91 Å². The van der Waals surface area contributed by atoms with Crippen molar-refractivity contribution in [3.05, 3.63) is 40.8 Å². The second kappa shape index (κ2) is 6.64. The molecule has 0 aliphatic rings. The maximum atomic E-state index is 12.9. The standard InChI is InChI=1S/C17H21N3O3/c1-6-20(13-7-8-14(23-5)18-9-13)17(22)16-10(2)15(12(4)21)11(3)19-16/h7-9,19H,6H2,1-5H3. The van der Waals surface area contributed by atoms with Crippen molar-refractivity contribution >= 4 is 17.4 Å². The monoisotopic (exact) mass is 315 g/mol. The zero-order chi connectivity index (χ0) is 17.1. The molecule has 6 heteroatoms. The predicted molar refractivity (Wildman–Crippen MR) is 88.4 cm³/mol. The van der Waals surface area contributed by atoms with E-state index in [4.69, 9.17) is 4.74 Å². The van der Waals surface area contributed by atoms with Crippen molar-refractivity contribution in [3.63, 3.8) is 0 Å². The van der Waals surface area contributed by atoms with Gasteiger partial charge in [-0.25, -0.2) is 4.98 Å². The highest BCUT2D eigenvalue weighted by molar-refractivity contribution is 6.08. The molecule has 0 radical (unpaired) electrons. The van der Waals surface area contributed by atoms with E-state index in [9.17, 15) is 9.59 Å². The van der Waals surface area contributed by atoms with Crippen molar-refractivity contribution in [1.82, 2.24) is 9.97 Å². The fourth-order valence-electron chi connectivity index (χ4n) is 2.72. The molecule has 1 N–H and O–H groups in total. The number of carbonyl (C=O) groups is 2. The molecule has 0 bridgehead atoms. The number of nitrogens with one attached hydrogen (secondary N) is 1. The predicted octanol–water partition coefficient (Wildman–Crippen LogP) is 2.90. The summed E-state index contributed by atoms with van der Waals surface area (Å²) < 4.78 is 5.03. The Balaban J connectivity index is 2.40. The second-order valence-corrected chi connectivity index (χ2v) is 5.29. The summed E-state index contributed by atoms with van der Waals surface area (Å²) in [6.45, 7) is 7.46. The summed E-state index contributed by atoms with van der Waals surface area (Å²) in [4.78, 5) is 33.4.